The first-order valence-corrected chi connectivity index (χ1v) is 10.5. The number of thiocarbonyl (C=S) groups is 1. The molecule has 0 aromatic heterocycles. The molecule has 1 N–H and O–H groups in total. The van der Waals surface area contributed by atoms with Gasteiger partial charge in [0.25, 0.3) is 0 Å². The first-order chi connectivity index (χ1) is 11.7. The van der Waals surface area contributed by atoms with E-state index < -0.39 is 0 Å². The number of rotatable bonds is 19. The van der Waals surface area contributed by atoms with Crippen LogP contribution in [0.15, 0.2) is 0 Å². The topological polar surface area (TPSA) is 38.7 Å². The van der Waals surface area contributed by atoms with Crippen LogP contribution in [-0.4, -0.2) is 36.1 Å². The zero-order valence-electron chi connectivity index (χ0n) is 16.1. The summed E-state index contributed by atoms with van der Waals surface area (Å²) in [6.07, 6.45) is 15.5. The van der Waals surface area contributed by atoms with Crippen LogP contribution in [0.5, 0.6) is 0 Å². The van der Waals surface area contributed by atoms with E-state index in [9.17, 15) is 0 Å². The summed E-state index contributed by atoms with van der Waals surface area (Å²) < 4.78 is 11.6. The van der Waals surface area contributed by atoms with Gasteiger partial charge in [-0.05, 0) is 37.9 Å². The normalized spacial score (nSPS) is 12.4. The molecule has 0 radical (unpaired) electrons. The molecule has 0 amide bonds. The highest BCUT2D eigenvalue weighted by Crippen LogP contribution is 2.15. The Bertz CT molecular complexity index is 272. The standard InChI is InChI=1S/C20H40O3S/c1-3-5-7-8-9-10-11-13-19(14-12-15-20(21)24)23-18-17-22-16-6-4-2/h19H,3-18H2,1-2H3,(H,21,24). The van der Waals surface area contributed by atoms with E-state index in [1.54, 1.807) is 0 Å². The molecule has 144 valence electrons. The van der Waals surface area contributed by atoms with Gasteiger partial charge in [-0.1, -0.05) is 65.2 Å². The molecule has 3 nitrogen and oxygen atoms in total. The van der Waals surface area contributed by atoms with Crippen molar-refractivity contribution in [3.8, 4) is 0 Å². The third-order valence-electron chi connectivity index (χ3n) is 4.27. The molecule has 1 unspecified atom stereocenters. The second kappa shape index (κ2) is 19.1. The average Bonchev–Trinajstić information content (AvgIpc) is 2.56. The summed E-state index contributed by atoms with van der Waals surface area (Å²) in [5.74, 6) is 0. The van der Waals surface area contributed by atoms with Crippen LogP contribution in [0.2, 0.25) is 0 Å². The van der Waals surface area contributed by atoms with Crippen LogP contribution in [0, 0.1) is 0 Å². The SMILES string of the molecule is CCCCCCCCCC(CCCC(O)=S)OCCOCCCC. The smallest absolute Gasteiger partial charge is 0.156 e. The maximum absolute atomic E-state index is 9.15. The van der Waals surface area contributed by atoms with E-state index >= 15 is 0 Å². The van der Waals surface area contributed by atoms with Crippen molar-refractivity contribution in [2.24, 2.45) is 0 Å². The van der Waals surface area contributed by atoms with Crippen molar-refractivity contribution in [1.82, 2.24) is 0 Å². The third kappa shape index (κ3) is 18.2. The van der Waals surface area contributed by atoms with Gasteiger partial charge in [-0.25, -0.2) is 0 Å². The fourth-order valence-electron chi connectivity index (χ4n) is 2.74. The molecule has 0 rings (SSSR count). The Morgan fingerprint density at radius 1 is 0.792 bits per heavy atom. The molecule has 0 aliphatic rings. The number of unbranched alkanes of at least 4 members (excludes halogenated alkanes) is 7. The van der Waals surface area contributed by atoms with Gasteiger partial charge < -0.3 is 14.6 Å². The molecular formula is C20H40O3S. The number of aliphatic hydroxyl groups is 1. The fourth-order valence-corrected chi connectivity index (χ4v) is 2.89. The van der Waals surface area contributed by atoms with Gasteiger partial charge in [-0.2, -0.15) is 0 Å². The highest BCUT2D eigenvalue weighted by atomic mass is 32.1. The Kier molecular flexibility index (Phi) is 19.0. The highest BCUT2D eigenvalue weighted by Gasteiger charge is 2.09. The largest absolute Gasteiger partial charge is 0.502 e. The van der Waals surface area contributed by atoms with Crippen LogP contribution in [0.3, 0.4) is 0 Å². The summed E-state index contributed by atoms with van der Waals surface area (Å²) in [4.78, 5) is 0. The summed E-state index contributed by atoms with van der Waals surface area (Å²) in [6.45, 7) is 6.62. The van der Waals surface area contributed by atoms with Gasteiger partial charge in [-0.3, -0.25) is 0 Å². The molecule has 0 aliphatic carbocycles. The van der Waals surface area contributed by atoms with Crippen LogP contribution in [0.4, 0.5) is 0 Å². The van der Waals surface area contributed by atoms with Crippen LogP contribution >= 0.6 is 12.2 Å². The van der Waals surface area contributed by atoms with Crippen LogP contribution in [-0.2, 0) is 9.47 Å². The Hall–Kier alpha value is -0.190. The van der Waals surface area contributed by atoms with Crippen molar-refractivity contribution >= 4 is 17.3 Å². The van der Waals surface area contributed by atoms with Gasteiger partial charge in [-0.15, -0.1) is 0 Å². The quantitative estimate of drug-likeness (QED) is 0.214. The van der Waals surface area contributed by atoms with Gasteiger partial charge in [0.15, 0.2) is 5.05 Å². The highest BCUT2D eigenvalue weighted by molar-refractivity contribution is 7.80. The van der Waals surface area contributed by atoms with Crippen molar-refractivity contribution in [3.63, 3.8) is 0 Å². The Balaban J connectivity index is 3.76. The molecular weight excluding hydrogens is 320 g/mol. The third-order valence-corrected chi connectivity index (χ3v) is 4.47. The second-order valence-corrected chi connectivity index (χ2v) is 7.13. The summed E-state index contributed by atoms with van der Waals surface area (Å²) in [6, 6.07) is 0. The average molecular weight is 361 g/mol. The van der Waals surface area contributed by atoms with E-state index in [0.717, 1.165) is 32.3 Å². The Morgan fingerprint density at radius 2 is 1.42 bits per heavy atom. The molecule has 0 aliphatic heterocycles. The lowest BCUT2D eigenvalue weighted by molar-refractivity contribution is -0.00411. The molecule has 0 spiro atoms. The number of aliphatic hydroxyl groups excluding tert-OH is 1. The van der Waals surface area contributed by atoms with Crippen molar-refractivity contribution in [3.05, 3.63) is 0 Å². The van der Waals surface area contributed by atoms with Crippen molar-refractivity contribution in [2.45, 2.75) is 103 Å². The lowest BCUT2D eigenvalue weighted by Gasteiger charge is -2.18. The Labute approximate surface area is 155 Å². The first-order valence-electron chi connectivity index (χ1n) is 10.1. The van der Waals surface area contributed by atoms with E-state index in [-0.39, 0.29) is 11.2 Å². The molecule has 4 heteroatoms. The van der Waals surface area contributed by atoms with Crippen molar-refractivity contribution in [1.29, 1.82) is 0 Å². The second-order valence-electron chi connectivity index (χ2n) is 6.65. The summed E-state index contributed by atoms with van der Waals surface area (Å²) in [5.41, 5.74) is 0. The van der Waals surface area contributed by atoms with Gasteiger partial charge in [0.1, 0.15) is 0 Å². The zero-order valence-corrected chi connectivity index (χ0v) is 16.9. The minimum absolute atomic E-state index is 0.118. The molecule has 0 fully saturated rings. The monoisotopic (exact) mass is 360 g/mol. The van der Waals surface area contributed by atoms with Crippen LogP contribution in [0.1, 0.15) is 97.3 Å². The summed E-state index contributed by atoms with van der Waals surface area (Å²) in [7, 11) is 0. The van der Waals surface area contributed by atoms with E-state index in [1.807, 2.05) is 0 Å². The van der Waals surface area contributed by atoms with Gasteiger partial charge in [0.2, 0.25) is 0 Å². The zero-order chi connectivity index (χ0) is 17.9. The summed E-state index contributed by atoms with van der Waals surface area (Å²) >= 11 is 4.75. The van der Waals surface area contributed by atoms with Crippen molar-refractivity contribution < 1.29 is 14.6 Å². The van der Waals surface area contributed by atoms with Crippen LogP contribution < -0.4 is 0 Å². The lowest BCUT2D eigenvalue weighted by atomic mass is 10.0. The minimum atomic E-state index is 0.118. The summed E-state index contributed by atoms with van der Waals surface area (Å²) in [5, 5.41) is 9.27. The molecule has 0 aromatic carbocycles. The molecule has 0 aromatic rings. The molecule has 0 saturated carbocycles. The minimum Gasteiger partial charge on any atom is -0.502 e. The van der Waals surface area contributed by atoms with E-state index in [1.165, 1.54) is 51.4 Å². The molecule has 24 heavy (non-hydrogen) atoms. The molecule has 0 heterocycles. The van der Waals surface area contributed by atoms with Gasteiger partial charge >= 0.3 is 0 Å². The lowest BCUT2D eigenvalue weighted by Crippen LogP contribution is -2.17. The fraction of sp³-hybridized carbons (Fsp3) is 0.950. The number of hydrogen-bond acceptors (Lipinski definition) is 3. The van der Waals surface area contributed by atoms with Crippen molar-refractivity contribution in [2.75, 3.05) is 19.8 Å². The maximum atomic E-state index is 9.15. The van der Waals surface area contributed by atoms with E-state index in [2.05, 4.69) is 13.8 Å². The van der Waals surface area contributed by atoms with E-state index in [4.69, 9.17) is 26.8 Å². The van der Waals surface area contributed by atoms with Crippen LogP contribution in [0.25, 0.3) is 0 Å². The predicted molar refractivity (Wildman–Crippen MR) is 107 cm³/mol. The number of hydrogen-bond donors (Lipinski definition) is 1. The van der Waals surface area contributed by atoms with Gasteiger partial charge in [0.05, 0.1) is 19.3 Å². The predicted octanol–water partition coefficient (Wildman–Crippen LogP) is 6.38. The van der Waals surface area contributed by atoms with E-state index in [0.29, 0.717) is 19.6 Å². The molecule has 0 bridgehead atoms. The number of ether oxygens (including phenoxy) is 2. The first kappa shape index (κ1) is 23.8. The molecule has 0 saturated heterocycles. The Morgan fingerprint density at radius 3 is 2.08 bits per heavy atom. The molecule has 1 atom stereocenters. The van der Waals surface area contributed by atoms with Gasteiger partial charge in [0, 0.05) is 13.0 Å². The maximum Gasteiger partial charge on any atom is 0.156 e.